The lowest BCUT2D eigenvalue weighted by Crippen LogP contribution is -2.17. The van der Waals surface area contributed by atoms with Gasteiger partial charge >= 0.3 is 5.97 Å². The molecule has 0 saturated carbocycles. The SMILES string of the molecule is CCCC(C(=O)O)c1c(C)nc2c3ccccc3nn2c1-c1ccc(C)cc1. The van der Waals surface area contributed by atoms with Crippen LogP contribution in [0.15, 0.2) is 48.5 Å². The summed E-state index contributed by atoms with van der Waals surface area (Å²) in [6.45, 7) is 5.95. The van der Waals surface area contributed by atoms with E-state index in [1.165, 1.54) is 0 Å². The van der Waals surface area contributed by atoms with Crippen molar-refractivity contribution in [3.8, 4) is 11.3 Å². The molecule has 0 radical (unpaired) electrons. The van der Waals surface area contributed by atoms with Gasteiger partial charge < -0.3 is 5.11 Å². The number of nitrogens with zero attached hydrogens (tertiary/aromatic N) is 3. The number of carboxylic acids is 1. The van der Waals surface area contributed by atoms with E-state index in [1.807, 2.05) is 73.8 Å². The predicted octanol–water partition coefficient (Wildman–Crippen LogP) is 5.13. The smallest absolute Gasteiger partial charge is 0.311 e. The molecule has 0 spiro atoms. The maximum Gasteiger partial charge on any atom is 0.311 e. The van der Waals surface area contributed by atoms with Gasteiger partial charge in [0.05, 0.1) is 17.1 Å². The van der Waals surface area contributed by atoms with Gasteiger partial charge in [0.1, 0.15) is 0 Å². The van der Waals surface area contributed by atoms with Crippen LogP contribution in [0.25, 0.3) is 27.8 Å². The minimum absolute atomic E-state index is 0.559. The van der Waals surface area contributed by atoms with Crippen LogP contribution in [-0.2, 0) is 4.79 Å². The van der Waals surface area contributed by atoms with Crippen molar-refractivity contribution < 1.29 is 9.90 Å². The van der Waals surface area contributed by atoms with Crippen molar-refractivity contribution >= 4 is 22.5 Å². The molecule has 2 heterocycles. The summed E-state index contributed by atoms with van der Waals surface area (Å²) in [5.74, 6) is -1.44. The van der Waals surface area contributed by atoms with Crippen LogP contribution in [0, 0.1) is 13.8 Å². The van der Waals surface area contributed by atoms with Gasteiger partial charge in [0.25, 0.3) is 0 Å². The summed E-state index contributed by atoms with van der Waals surface area (Å²) in [5.41, 5.74) is 6.02. The van der Waals surface area contributed by atoms with Crippen LogP contribution in [0.4, 0.5) is 0 Å². The van der Waals surface area contributed by atoms with Crippen LogP contribution >= 0.6 is 0 Å². The van der Waals surface area contributed by atoms with Crippen molar-refractivity contribution in [1.82, 2.24) is 14.6 Å². The number of carboxylic acid groups (broad SMARTS) is 1. The van der Waals surface area contributed by atoms with Crippen LogP contribution in [0.2, 0.25) is 0 Å². The Bertz CT molecular complexity index is 1180. The Balaban J connectivity index is 2.14. The minimum atomic E-state index is -0.823. The molecule has 2 aromatic carbocycles. The standard InChI is InChI=1S/C23H23N3O2/c1-4-7-18(23(27)28)20-15(3)24-22-17-8-5-6-9-19(17)25-26(22)21(20)16-12-10-14(2)11-13-16/h5-6,8-13,18H,4,7H2,1-3H3,(H,27,28). The van der Waals surface area contributed by atoms with E-state index in [0.717, 1.165) is 51.0 Å². The van der Waals surface area contributed by atoms with Gasteiger partial charge in [-0.25, -0.2) is 9.50 Å². The minimum Gasteiger partial charge on any atom is -0.481 e. The normalized spacial score (nSPS) is 12.5. The lowest BCUT2D eigenvalue weighted by atomic mass is 9.89. The Morgan fingerprint density at radius 1 is 1.11 bits per heavy atom. The maximum absolute atomic E-state index is 12.1. The molecular formula is C23H23N3O2. The van der Waals surface area contributed by atoms with Crippen LogP contribution in [0.3, 0.4) is 0 Å². The summed E-state index contributed by atoms with van der Waals surface area (Å²) in [7, 11) is 0. The molecule has 0 aliphatic carbocycles. The molecule has 5 nitrogen and oxygen atoms in total. The van der Waals surface area contributed by atoms with E-state index in [0.29, 0.717) is 6.42 Å². The molecule has 5 heteroatoms. The third kappa shape index (κ3) is 2.93. The van der Waals surface area contributed by atoms with Gasteiger partial charge in [-0.1, -0.05) is 55.3 Å². The Labute approximate surface area is 163 Å². The molecule has 0 saturated heterocycles. The molecule has 1 unspecified atom stereocenters. The fourth-order valence-corrected chi connectivity index (χ4v) is 3.87. The summed E-state index contributed by atoms with van der Waals surface area (Å²) in [6.07, 6.45) is 1.34. The molecule has 4 rings (SSSR count). The van der Waals surface area contributed by atoms with Crippen LogP contribution in [0.1, 0.15) is 42.5 Å². The zero-order chi connectivity index (χ0) is 19.8. The fourth-order valence-electron chi connectivity index (χ4n) is 3.87. The van der Waals surface area contributed by atoms with Gasteiger partial charge in [-0.05, 0) is 32.4 Å². The van der Waals surface area contributed by atoms with Gasteiger partial charge in [-0.15, -0.1) is 0 Å². The predicted molar refractivity (Wildman–Crippen MR) is 111 cm³/mol. The molecule has 0 bridgehead atoms. The van der Waals surface area contributed by atoms with E-state index in [-0.39, 0.29) is 0 Å². The second kappa shape index (κ2) is 7.08. The van der Waals surface area contributed by atoms with E-state index in [1.54, 1.807) is 0 Å². The zero-order valence-corrected chi connectivity index (χ0v) is 16.3. The molecular weight excluding hydrogens is 350 g/mol. The van der Waals surface area contributed by atoms with Gasteiger partial charge in [-0.3, -0.25) is 4.79 Å². The third-order valence-corrected chi connectivity index (χ3v) is 5.23. The van der Waals surface area contributed by atoms with Crippen molar-refractivity contribution in [3.05, 3.63) is 65.4 Å². The van der Waals surface area contributed by atoms with E-state index < -0.39 is 11.9 Å². The first-order chi connectivity index (χ1) is 13.5. The summed E-state index contributed by atoms with van der Waals surface area (Å²) in [4.78, 5) is 16.9. The molecule has 0 aliphatic heterocycles. The molecule has 28 heavy (non-hydrogen) atoms. The monoisotopic (exact) mass is 373 g/mol. The van der Waals surface area contributed by atoms with E-state index >= 15 is 0 Å². The lowest BCUT2D eigenvalue weighted by molar-refractivity contribution is -0.139. The lowest BCUT2D eigenvalue weighted by Gasteiger charge is -2.20. The molecule has 142 valence electrons. The van der Waals surface area contributed by atoms with Crippen molar-refractivity contribution in [2.24, 2.45) is 0 Å². The van der Waals surface area contributed by atoms with Crippen molar-refractivity contribution in [1.29, 1.82) is 0 Å². The average Bonchev–Trinajstić information content (AvgIpc) is 3.04. The van der Waals surface area contributed by atoms with Crippen molar-refractivity contribution in [2.45, 2.75) is 39.5 Å². The number of fused-ring (bicyclic) bond motifs is 3. The molecule has 1 atom stereocenters. The molecule has 4 aromatic rings. The molecule has 0 amide bonds. The molecule has 2 aromatic heterocycles. The number of benzene rings is 2. The quantitative estimate of drug-likeness (QED) is 0.526. The largest absolute Gasteiger partial charge is 0.481 e. The highest BCUT2D eigenvalue weighted by Crippen LogP contribution is 2.36. The number of aryl methyl sites for hydroxylation is 2. The van der Waals surface area contributed by atoms with Gasteiger partial charge in [0, 0.05) is 22.2 Å². The van der Waals surface area contributed by atoms with Gasteiger partial charge in [0.2, 0.25) is 0 Å². The van der Waals surface area contributed by atoms with Gasteiger partial charge in [0.15, 0.2) is 5.65 Å². The maximum atomic E-state index is 12.1. The molecule has 0 aliphatic rings. The summed E-state index contributed by atoms with van der Waals surface area (Å²) in [6, 6.07) is 16.0. The number of rotatable bonds is 5. The van der Waals surface area contributed by atoms with E-state index in [4.69, 9.17) is 10.1 Å². The first-order valence-corrected chi connectivity index (χ1v) is 9.59. The van der Waals surface area contributed by atoms with Crippen molar-refractivity contribution in [2.75, 3.05) is 0 Å². The summed E-state index contributed by atoms with van der Waals surface area (Å²) < 4.78 is 1.82. The average molecular weight is 373 g/mol. The first-order valence-electron chi connectivity index (χ1n) is 9.59. The summed E-state index contributed by atoms with van der Waals surface area (Å²) in [5, 5.41) is 15.7. The highest BCUT2D eigenvalue weighted by Gasteiger charge is 2.28. The second-order valence-electron chi connectivity index (χ2n) is 7.26. The number of hydrogen-bond donors (Lipinski definition) is 1. The van der Waals surface area contributed by atoms with Crippen LogP contribution in [0.5, 0.6) is 0 Å². The highest BCUT2D eigenvalue weighted by molar-refractivity contribution is 5.94. The Morgan fingerprint density at radius 2 is 1.82 bits per heavy atom. The summed E-state index contributed by atoms with van der Waals surface area (Å²) >= 11 is 0. The van der Waals surface area contributed by atoms with E-state index in [9.17, 15) is 9.90 Å². The Kier molecular flexibility index (Phi) is 4.59. The topological polar surface area (TPSA) is 67.5 Å². The zero-order valence-electron chi connectivity index (χ0n) is 16.3. The molecule has 1 N–H and O–H groups in total. The number of aliphatic carboxylic acids is 1. The van der Waals surface area contributed by atoms with E-state index in [2.05, 4.69) is 0 Å². The fraction of sp³-hybridized carbons (Fsp3) is 0.261. The number of hydrogen-bond acceptors (Lipinski definition) is 3. The first kappa shape index (κ1) is 18.2. The molecule has 0 fully saturated rings. The van der Waals surface area contributed by atoms with Crippen molar-refractivity contribution in [3.63, 3.8) is 0 Å². The third-order valence-electron chi connectivity index (χ3n) is 5.23. The Hall–Kier alpha value is -3.21. The second-order valence-corrected chi connectivity index (χ2v) is 7.26. The number of carbonyl (C=O) groups is 1. The Morgan fingerprint density at radius 3 is 2.50 bits per heavy atom. The van der Waals surface area contributed by atoms with Gasteiger partial charge in [-0.2, -0.15) is 5.10 Å². The van der Waals surface area contributed by atoms with Crippen LogP contribution in [-0.4, -0.2) is 25.7 Å². The number of aromatic nitrogens is 3. The van der Waals surface area contributed by atoms with Crippen LogP contribution < -0.4 is 0 Å². The highest BCUT2D eigenvalue weighted by atomic mass is 16.4.